The van der Waals surface area contributed by atoms with E-state index in [0.717, 1.165) is 15.4 Å². The van der Waals surface area contributed by atoms with Crippen LogP contribution in [0.4, 0.5) is 15.8 Å². The van der Waals surface area contributed by atoms with Gasteiger partial charge in [-0.2, -0.15) is 0 Å². The van der Waals surface area contributed by atoms with Crippen LogP contribution in [-0.4, -0.2) is 21.4 Å². The molecule has 0 aromatic heterocycles. The predicted molar refractivity (Wildman–Crippen MR) is 112 cm³/mol. The summed E-state index contributed by atoms with van der Waals surface area (Å²) in [5, 5.41) is 2.80. The molecule has 0 bridgehead atoms. The monoisotopic (exact) mass is 412 g/mol. The Morgan fingerprint density at radius 3 is 2.17 bits per heavy atom. The minimum absolute atomic E-state index is 0.0302. The number of aryl methyl sites for hydroxylation is 2. The van der Waals surface area contributed by atoms with E-state index in [9.17, 15) is 17.6 Å². The van der Waals surface area contributed by atoms with Crippen LogP contribution in [0.15, 0.2) is 71.6 Å². The highest BCUT2D eigenvalue weighted by Gasteiger charge is 2.22. The van der Waals surface area contributed by atoms with Gasteiger partial charge in [-0.15, -0.1) is 0 Å². The first-order chi connectivity index (χ1) is 13.7. The smallest absolute Gasteiger partial charge is 0.264 e. The molecule has 0 fully saturated rings. The highest BCUT2D eigenvalue weighted by molar-refractivity contribution is 7.92. The van der Waals surface area contributed by atoms with E-state index in [0.29, 0.717) is 11.4 Å². The Labute approximate surface area is 169 Å². The van der Waals surface area contributed by atoms with Gasteiger partial charge >= 0.3 is 0 Å². The molecular weight excluding hydrogens is 391 g/mol. The van der Waals surface area contributed by atoms with Crippen LogP contribution in [-0.2, 0) is 10.0 Å². The summed E-state index contributed by atoms with van der Waals surface area (Å²) in [6.45, 7) is 3.86. The Balaban J connectivity index is 1.87. The van der Waals surface area contributed by atoms with Crippen molar-refractivity contribution in [2.24, 2.45) is 0 Å². The molecule has 150 valence electrons. The van der Waals surface area contributed by atoms with Gasteiger partial charge in [0.2, 0.25) is 0 Å². The molecule has 0 atom stereocenters. The molecule has 1 amide bonds. The second-order valence-corrected chi connectivity index (χ2v) is 8.78. The van der Waals surface area contributed by atoms with Crippen LogP contribution in [0.25, 0.3) is 0 Å². The largest absolute Gasteiger partial charge is 0.322 e. The lowest BCUT2D eigenvalue weighted by molar-refractivity contribution is 0.102. The van der Waals surface area contributed by atoms with Gasteiger partial charge in [-0.25, -0.2) is 12.8 Å². The number of anilines is 2. The van der Waals surface area contributed by atoms with Crippen LogP contribution in [0.3, 0.4) is 0 Å². The van der Waals surface area contributed by atoms with Gasteiger partial charge in [-0.1, -0.05) is 12.1 Å². The molecule has 1 N–H and O–H groups in total. The summed E-state index contributed by atoms with van der Waals surface area (Å²) in [5.41, 5.74) is 3.20. The van der Waals surface area contributed by atoms with Gasteiger partial charge in [0.05, 0.1) is 10.6 Å². The molecule has 3 aromatic rings. The molecule has 0 spiro atoms. The molecule has 3 rings (SSSR count). The van der Waals surface area contributed by atoms with Crippen LogP contribution in [0.5, 0.6) is 0 Å². The number of hydrogen-bond donors (Lipinski definition) is 1. The van der Waals surface area contributed by atoms with Crippen molar-refractivity contribution in [3.8, 4) is 0 Å². The summed E-state index contributed by atoms with van der Waals surface area (Å²) in [6, 6.07) is 16.6. The maximum absolute atomic E-state index is 13.1. The maximum Gasteiger partial charge on any atom is 0.264 e. The zero-order chi connectivity index (χ0) is 21.2. The van der Waals surface area contributed by atoms with Gasteiger partial charge in [0.15, 0.2) is 0 Å². The molecule has 0 aliphatic rings. The van der Waals surface area contributed by atoms with Gasteiger partial charge in [-0.05, 0) is 79.6 Å². The van der Waals surface area contributed by atoms with Crippen molar-refractivity contribution in [2.45, 2.75) is 18.7 Å². The molecule has 7 heteroatoms. The SMILES string of the molecule is Cc1cc(C)cc(NC(=O)c2cccc(S(=O)(=O)N(C)c3ccc(F)cc3)c2)c1. The van der Waals surface area contributed by atoms with Crippen molar-refractivity contribution in [1.29, 1.82) is 0 Å². The van der Waals surface area contributed by atoms with Crippen LogP contribution < -0.4 is 9.62 Å². The summed E-state index contributed by atoms with van der Waals surface area (Å²) in [5.74, 6) is -0.860. The second kappa shape index (κ2) is 8.05. The average molecular weight is 412 g/mol. The van der Waals surface area contributed by atoms with Crippen molar-refractivity contribution >= 4 is 27.3 Å². The van der Waals surface area contributed by atoms with E-state index < -0.39 is 21.7 Å². The molecule has 0 heterocycles. The van der Waals surface area contributed by atoms with Gasteiger partial charge in [0.25, 0.3) is 15.9 Å². The normalized spacial score (nSPS) is 11.2. The molecule has 0 aliphatic carbocycles. The zero-order valence-corrected chi connectivity index (χ0v) is 17.1. The third-order valence-corrected chi connectivity index (χ3v) is 6.21. The Kier molecular flexibility index (Phi) is 5.70. The predicted octanol–water partition coefficient (Wildman–Crippen LogP) is 4.52. The Morgan fingerprint density at radius 2 is 1.55 bits per heavy atom. The number of carbonyl (C=O) groups excluding carboxylic acids is 1. The minimum atomic E-state index is -3.92. The van der Waals surface area contributed by atoms with Crippen molar-refractivity contribution < 1.29 is 17.6 Å². The van der Waals surface area contributed by atoms with E-state index >= 15 is 0 Å². The summed E-state index contributed by atoms with van der Waals surface area (Å²) in [4.78, 5) is 12.6. The Hall–Kier alpha value is -3.19. The molecule has 0 saturated carbocycles. The second-order valence-electron chi connectivity index (χ2n) is 6.81. The number of nitrogens with zero attached hydrogens (tertiary/aromatic N) is 1. The molecule has 0 unspecified atom stereocenters. The number of sulfonamides is 1. The van der Waals surface area contributed by atoms with Crippen LogP contribution in [0.1, 0.15) is 21.5 Å². The number of benzene rings is 3. The average Bonchev–Trinajstić information content (AvgIpc) is 2.67. The van der Waals surface area contributed by atoms with Crippen molar-refractivity contribution in [3.63, 3.8) is 0 Å². The van der Waals surface area contributed by atoms with Crippen LogP contribution >= 0.6 is 0 Å². The van der Waals surface area contributed by atoms with E-state index in [1.807, 2.05) is 32.0 Å². The highest BCUT2D eigenvalue weighted by atomic mass is 32.2. The van der Waals surface area contributed by atoms with Gasteiger partial charge in [0.1, 0.15) is 5.82 Å². The van der Waals surface area contributed by atoms with Crippen molar-refractivity contribution in [3.05, 3.63) is 89.2 Å². The zero-order valence-electron chi connectivity index (χ0n) is 16.3. The van der Waals surface area contributed by atoms with Gasteiger partial charge < -0.3 is 5.32 Å². The van der Waals surface area contributed by atoms with Gasteiger partial charge in [-0.3, -0.25) is 9.10 Å². The quantitative estimate of drug-likeness (QED) is 0.670. The number of carbonyl (C=O) groups is 1. The molecule has 5 nitrogen and oxygen atoms in total. The van der Waals surface area contributed by atoms with E-state index in [1.54, 1.807) is 6.07 Å². The first kappa shape index (κ1) is 20.5. The standard InChI is InChI=1S/C22H21FN2O3S/c1-15-11-16(2)13-19(12-15)24-22(26)17-5-4-6-21(14-17)29(27,28)25(3)20-9-7-18(23)8-10-20/h4-14H,1-3H3,(H,24,26). The molecule has 29 heavy (non-hydrogen) atoms. The third-order valence-electron chi connectivity index (χ3n) is 4.42. The molecule has 3 aromatic carbocycles. The van der Waals surface area contributed by atoms with E-state index in [-0.39, 0.29) is 10.5 Å². The van der Waals surface area contributed by atoms with Crippen molar-refractivity contribution in [1.82, 2.24) is 0 Å². The van der Waals surface area contributed by atoms with Crippen LogP contribution in [0, 0.1) is 19.7 Å². The summed E-state index contributed by atoms with van der Waals surface area (Å²) in [7, 11) is -2.54. The summed E-state index contributed by atoms with van der Waals surface area (Å²) >= 11 is 0. The lowest BCUT2D eigenvalue weighted by Gasteiger charge is -2.20. The fourth-order valence-corrected chi connectivity index (χ4v) is 4.24. The first-order valence-electron chi connectivity index (χ1n) is 8.91. The number of nitrogens with one attached hydrogen (secondary N) is 1. The molecular formula is C22H21FN2O3S. The Morgan fingerprint density at radius 1 is 0.931 bits per heavy atom. The fourth-order valence-electron chi connectivity index (χ4n) is 3.00. The molecule has 0 saturated heterocycles. The lowest BCUT2D eigenvalue weighted by atomic mass is 10.1. The first-order valence-corrected chi connectivity index (χ1v) is 10.3. The number of rotatable bonds is 5. The van der Waals surface area contributed by atoms with Crippen molar-refractivity contribution in [2.75, 3.05) is 16.7 Å². The highest BCUT2D eigenvalue weighted by Crippen LogP contribution is 2.23. The summed E-state index contributed by atoms with van der Waals surface area (Å²) in [6.07, 6.45) is 0. The summed E-state index contributed by atoms with van der Waals surface area (Å²) < 4.78 is 40.1. The Bertz CT molecular complexity index is 1140. The minimum Gasteiger partial charge on any atom is -0.322 e. The lowest BCUT2D eigenvalue weighted by Crippen LogP contribution is -2.26. The van der Waals surface area contributed by atoms with E-state index in [2.05, 4.69) is 5.32 Å². The van der Waals surface area contributed by atoms with E-state index in [1.165, 1.54) is 49.5 Å². The van der Waals surface area contributed by atoms with E-state index in [4.69, 9.17) is 0 Å². The van der Waals surface area contributed by atoms with Crippen LogP contribution in [0.2, 0.25) is 0 Å². The molecule has 0 radical (unpaired) electrons. The molecule has 0 aliphatic heterocycles. The number of halogens is 1. The number of hydrogen-bond acceptors (Lipinski definition) is 3. The maximum atomic E-state index is 13.1. The topological polar surface area (TPSA) is 66.5 Å². The third kappa shape index (κ3) is 4.63. The van der Waals surface area contributed by atoms with Gasteiger partial charge in [0, 0.05) is 18.3 Å². The fraction of sp³-hybridized carbons (Fsp3) is 0.136. The number of amides is 1.